The molecule has 2 N–H and O–H groups in total. The van der Waals surface area contributed by atoms with E-state index in [1.165, 1.54) is 11.6 Å². The van der Waals surface area contributed by atoms with Crippen LogP contribution in [-0.4, -0.2) is 71.1 Å². The van der Waals surface area contributed by atoms with Crippen molar-refractivity contribution in [2.24, 2.45) is 13.0 Å². The number of nitrogens with zero attached hydrogens (tertiary/aromatic N) is 7. The first-order valence-electron chi connectivity index (χ1n) is 18.8. The Labute approximate surface area is 313 Å². The Hall–Kier alpha value is -5.38. The van der Waals surface area contributed by atoms with E-state index in [4.69, 9.17) is 5.10 Å². The van der Waals surface area contributed by atoms with E-state index < -0.39 is 29.7 Å². The van der Waals surface area contributed by atoms with Crippen LogP contribution in [0.1, 0.15) is 96.7 Å². The zero-order valence-corrected chi connectivity index (χ0v) is 30.6. The van der Waals surface area contributed by atoms with Gasteiger partial charge >= 0.3 is 11.9 Å². The third-order valence-corrected chi connectivity index (χ3v) is 11.6. The molecule has 0 radical (unpaired) electrons. The number of piperidine rings is 2. The molecule has 1 unspecified atom stereocenters. The first kappa shape index (κ1) is 36.6. The van der Waals surface area contributed by atoms with Crippen LogP contribution < -0.4 is 16.3 Å². The number of aryl methyl sites for hydroxylation is 2. The zero-order chi connectivity index (χ0) is 38.6. The van der Waals surface area contributed by atoms with Crippen molar-refractivity contribution in [3.63, 3.8) is 0 Å². The number of anilines is 1. The summed E-state index contributed by atoms with van der Waals surface area (Å²) >= 11 is 0. The number of rotatable bonds is 7. The number of fused-ring (bicyclic) bond motifs is 2. The first-order valence-corrected chi connectivity index (χ1v) is 18.8. The number of pyridine rings is 2. The zero-order valence-electron chi connectivity index (χ0n) is 30.6. The van der Waals surface area contributed by atoms with Crippen molar-refractivity contribution in [2.75, 3.05) is 25.0 Å². The summed E-state index contributed by atoms with van der Waals surface area (Å²) in [5.41, 5.74) is 2.85. The summed E-state index contributed by atoms with van der Waals surface area (Å²) in [6, 6.07) is 8.33. The highest BCUT2D eigenvalue weighted by Gasteiger charge is 2.35. The Morgan fingerprint density at radius 2 is 1.76 bits per heavy atom. The number of carbonyl (C=O) groups is 3. The molecule has 6 heterocycles. The van der Waals surface area contributed by atoms with Crippen molar-refractivity contribution in [1.82, 2.24) is 39.1 Å². The summed E-state index contributed by atoms with van der Waals surface area (Å²) in [7, 11) is 1.77. The van der Waals surface area contributed by atoms with Crippen LogP contribution in [0.3, 0.4) is 0 Å². The van der Waals surface area contributed by atoms with Gasteiger partial charge in [-0.2, -0.15) is 18.3 Å². The van der Waals surface area contributed by atoms with E-state index in [-0.39, 0.29) is 41.5 Å². The molecule has 13 nitrogen and oxygen atoms in total. The molecule has 4 aromatic heterocycles. The van der Waals surface area contributed by atoms with Crippen LogP contribution in [0.25, 0.3) is 21.9 Å². The number of hydrogen-bond donors (Lipinski definition) is 2. The van der Waals surface area contributed by atoms with E-state index >= 15 is 0 Å². The van der Waals surface area contributed by atoms with Crippen molar-refractivity contribution in [3.8, 4) is 0 Å². The topological polar surface area (TPSA) is 149 Å². The Kier molecular flexibility index (Phi) is 9.55. The molecule has 0 spiro atoms. The van der Waals surface area contributed by atoms with Gasteiger partial charge in [0.05, 0.1) is 23.3 Å². The number of nitrogens with one attached hydrogen (secondary N) is 2. The Bertz CT molecular complexity index is 2370. The minimum absolute atomic E-state index is 0.199. The molecule has 2 aliphatic heterocycles. The van der Waals surface area contributed by atoms with Crippen molar-refractivity contribution < 1.29 is 27.6 Å². The quantitative estimate of drug-likeness (QED) is 0.203. The van der Waals surface area contributed by atoms with E-state index in [1.807, 2.05) is 23.0 Å². The number of amides is 3. The number of alkyl halides is 3. The second-order valence-corrected chi connectivity index (χ2v) is 15.2. The fourth-order valence-corrected chi connectivity index (χ4v) is 8.81. The van der Waals surface area contributed by atoms with Crippen LogP contribution in [0, 0.1) is 12.8 Å². The summed E-state index contributed by atoms with van der Waals surface area (Å²) in [6.07, 6.45) is 5.37. The lowest BCUT2D eigenvalue weighted by molar-refractivity contribution is -0.141. The van der Waals surface area contributed by atoms with Gasteiger partial charge in [0.2, 0.25) is 11.8 Å². The highest BCUT2D eigenvalue weighted by molar-refractivity contribution is 6.03. The lowest BCUT2D eigenvalue weighted by atomic mass is 9.83. The lowest BCUT2D eigenvalue weighted by Gasteiger charge is -2.37. The Balaban J connectivity index is 0.868. The maximum absolute atomic E-state index is 13.5. The maximum atomic E-state index is 13.5. The number of imide groups is 1. The monoisotopic (exact) mass is 757 g/mol. The van der Waals surface area contributed by atoms with E-state index in [1.54, 1.807) is 28.4 Å². The van der Waals surface area contributed by atoms with Gasteiger partial charge in [0.1, 0.15) is 28.8 Å². The Morgan fingerprint density at radius 1 is 1.00 bits per heavy atom. The number of benzene rings is 1. The van der Waals surface area contributed by atoms with Gasteiger partial charge < -0.3 is 10.2 Å². The van der Waals surface area contributed by atoms with Gasteiger partial charge in [-0.3, -0.25) is 33.5 Å². The van der Waals surface area contributed by atoms with Crippen molar-refractivity contribution in [1.29, 1.82) is 0 Å². The number of likely N-dealkylation sites (tertiary alicyclic amines) is 1. The predicted octanol–water partition coefficient (Wildman–Crippen LogP) is 5.65. The maximum Gasteiger partial charge on any atom is 0.433 e. The molecule has 8 rings (SSSR count). The van der Waals surface area contributed by atoms with Crippen molar-refractivity contribution >= 4 is 45.5 Å². The predicted molar refractivity (Wildman–Crippen MR) is 197 cm³/mol. The van der Waals surface area contributed by atoms with Gasteiger partial charge in [0.25, 0.3) is 5.91 Å². The van der Waals surface area contributed by atoms with E-state index in [0.717, 1.165) is 92.3 Å². The number of imidazole rings is 1. The largest absolute Gasteiger partial charge is 0.433 e. The fourth-order valence-electron chi connectivity index (χ4n) is 8.81. The number of hydrogen-bond acceptors (Lipinski definition) is 8. The minimum atomic E-state index is -4.66. The lowest BCUT2D eigenvalue weighted by Crippen LogP contribution is -2.44. The molecule has 5 aromatic rings. The van der Waals surface area contributed by atoms with E-state index in [9.17, 15) is 32.3 Å². The molecule has 16 heteroatoms. The molecule has 1 aromatic carbocycles. The molecule has 288 valence electrons. The molecular weight excluding hydrogens is 715 g/mol. The highest BCUT2D eigenvalue weighted by Crippen LogP contribution is 2.38. The number of aromatic nitrogens is 6. The molecule has 3 aliphatic rings. The molecule has 55 heavy (non-hydrogen) atoms. The van der Waals surface area contributed by atoms with E-state index in [2.05, 4.69) is 32.4 Å². The third-order valence-electron chi connectivity index (χ3n) is 11.6. The van der Waals surface area contributed by atoms with Gasteiger partial charge in [-0.25, -0.2) is 14.8 Å². The van der Waals surface area contributed by atoms with Gasteiger partial charge in [0, 0.05) is 31.6 Å². The second-order valence-electron chi connectivity index (χ2n) is 15.2. The van der Waals surface area contributed by atoms with Gasteiger partial charge in [0.15, 0.2) is 0 Å². The summed E-state index contributed by atoms with van der Waals surface area (Å²) in [5, 5.41) is 10.5. The number of carbonyl (C=O) groups excluding carboxylic acids is 3. The van der Waals surface area contributed by atoms with Crippen molar-refractivity contribution in [2.45, 2.75) is 82.5 Å². The summed E-state index contributed by atoms with van der Waals surface area (Å²) in [5.74, 6) is -0.466. The molecule has 0 bridgehead atoms. The standard InChI is InChI=1S/C39H42F3N9O4/c1-22-6-11-29-35(48(2)38(55)51(29)30-12-13-33(52)46-37(30)54)34(22)24-14-16-49(17-15-24)20-23-7-9-26(10-8-23)50-21-25-18-32(43-19-28(25)47-50)45-36(53)27-4-3-5-31(44-27)39(40,41)42/h3-6,11,18-19,21,23-24,26,30H,7-10,12-17,20H2,1-2H3,(H,45,53)(H,46,52,54). The fraction of sp³-hybridized carbons (Fsp3) is 0.462. The second kappa shape index (κ2) is 14.4. The molecule has 1 saturated carbocycles. The molecule has 1 aliphatic carbocycles. The molecule has 3 fully saturated rings. The average molecular weight is 758 g/mol. The SMILES string of the molecule is Cc1ccc2c(c1C1CCN(CC3CCC(n4cc5cc(NC(=O)c6cccc(C(F)(F)F)n6)ncc5n4)CC3)CC1)n(C)c(=O)n2C1CCC(=O)NC1=O. The van der Waals surface area contributed by atoms with Crippen molar-refractivity contribution in [3.05, 3.63) is 81.8 Å². The van der Waals surface area contributed by atoms with Gasteiger partial charge in [-0.05, 0) is 112 Å². The summed E-state index contributed by atoms with van der Waals surface area (Å²) < 4.78 is 44.4. The molecule has 2 saturated heterocycles. The van der Waals surface area contributed by atoms with Gasteiger partial charge in [-0.1, -0.05) is 12.1 Å². The molecule has 3 amide bonds. The highest BCUT2D eigenvalue weighted by atomic mass is 19.4. The van der Waals surface area contributed by atoms with Crippen LogP contribution in [-0.2, 0) is 22.8 Å². The smallest absolute Gasteiger partial charge is 0.305 e. The Morgan fingerprint density at radius 3 is 2.49 bits per heavy atom. The van der Waals surface area contributed by atoms with Crippen LogP contribution in [0.2, 0.25) is 0 Å². The molecular formula is C39H42F3N9O4. The summed E-state index contributed by atoms with van der Waals surface area (Å²) in [6.45, 7) is 5.04. The summed E-state index contributed by atoms with van der Waals surface area (Å²) in [4.78, 5) is 61.0. The van der Waals surface area contributed by atoms with Crippen LogP contribution in [0.4, 0.5) is 19.0 Å². The minimum Gasteiger partial charge on any atom is -0.305 e. The first-order chi connectivity index (χ1) is 26.3. The van der Waals surface area contributed by atoms with Crippen LogP contribution in [0.5, 0.6) is 0 Å². The number of halogens is 3. The van der Waals surface area contributed by atoms with Crippen LogP contribution >= 0.6 is 0 Å². The van der Waals surface area contributed by atoms with E-state index in [0.29, 0.717) is 17.9 Å². The third kappa shape index (κ3) is 7.14. The normalized spacial score (nSPS) is 21.7. The average Bonchev–Trinajstić information content (AvgIpc) is 3.70. The van der Waals surface area contributed by atoms with Gasteiger partial charge in [-0.15, -0.1) is 0 Å². The van der Waals surface area contributed by atoms with Crippen LogP contribution in [0.15, 0.2) is 53.6 Å². The molecule has 1 atom stereocenters.